The normalized spacial score (nSPS) is 9.56. The van der Waals surface area contributed by atoms with Gasteiger partial charge < -0.3 is 14.6 Å². The number of benzene rings is 1. The maximum atomic E-state index is 11.2. The number of hydrogen-bond acceptors (Lipinski definition) is 6. The molecule has 0 unspecified atom stereocenters. The van der Waals surface area contributed by atoms with Crippen molar-refractivity contribution in [2.24, 2.45) is 0 Å². The van der Waals surface area contributed by atoms with E-state index in [1.54, 1.807) is 0 Å². The van der Waals surface area contributed by atoms with E-state index < -0.39 is 33.7 Å². The average molecular weight is 224 g/mol. The highest BCUT2D eigenvalue weighted by Gasteiger charge is 2.25. The largest absolute Gasteiger partial charge is 0.545 e. The van der Waals surface area contributed by atoms with Crippen molar-refractivity contribution < 1.29 is 24.4 Å². The molecule has 0 fully saturated rings. The van der Waals surface area contributed by atoms with Gasteiger partial charge in [0.25, 0.3) is 5.69 Å². The Morgan fingerprint density at radius 1 is 1.31 bits per heavy atom. The minimum atomic E-state index is -1.72. The van der Waals surface area contributed by atoms with Crippen LogP contribution in [0.3, 0.4) is 0 Å². The number of methoxy groups -OCH3 is 1. The minimum absolute atomic E-state index is 0.422. The van der Waals surface area contributed by atoms with Gasteiger partial charge in [-0.3, -0.25) is 10.1 Å². The molecule has 1 aromatic carbocycles. The molecule has 0 radical (unpaired) electrons. The van der Waals surface area contributed by atoms with Crippen molar-refractivity contribution in [3.05, 3.63) is 39.4 Å². The predicted molar refractivity (Wildman–Crippen MR) is 48.8 cm³/mol. The van der Waals surface area contributed by atoms with Crippen LogP contribution in [0.5, 0.6) is 0 Å². The average Bonchev–Trinajstić information content (AvgIpc) is 2.26. The molecular weight excluding hydrogens is 218 g/mol. The molecule has 0 aliphatic heterocycles. The van der Waals surface area contributed by atoms with Crippen LogP contribution in [-0.2, 0) is 4.74 Å². The van der Waals surface area contributed by atoms with Gasteiger partial charge >= 0.3 is 5.97 Å². The fourth-order valence-corrected chi connectivity index (χ4v) is 1.18. The number of carbonyl (C=O) groups excluding carboxylic acids is 2. The third-order valence-corrected chi connectivity index (χ3v) is 1.84. The van der Waals surface area contributed by atoms with Crippen LogP contribution in [-0.4, -0.2) is 24.0 Å². The number of nitro benzene ring substituents is 1. The van der Waals surface area contributed by atoms with Crippen LogP contribution in [0, 0.1) is 10.1 Å². The number of ether oxygens (including phenoxy) is 1. The van der Waals surface area contributed by atoms with Crippen molar-refractivity contribution in [3.8, 4) is 0 Å². The number of aromatic carboxylic acids is 1. The van der Waals surface area contributed by atoms with Crippen LogP contribution in [0.25, 0.3) is 0 Å². The third-order valence-electron chi connectivity index (χ3n) is 1.84. The molecule has 7 heteroatoms. The fourth-order valence-electron chi connectivity index (χ4n) is 1.18. The Morgan fingerprint density at radius 3 is 2.31 bits per heavy atom. The first kappa shape index (κ1) is 11.6. The number of rotatable bonds is 3. The maximum absolute atomic E-state index is 11.2. The molecule has 16 heavy (non-hydrogen) atoms. The first-order valence-electron chi connectivity index (χ1n) is 4.06. The van der Waals surface area contributed by atoms with E-state index in [-0.39, 0.29) is 0 Å². The number of para-hydroxylation sites is 1. The fraction of sp³-hybridized carbons (Fsp3) is 0.111. The summed E-state index contributed by atoms with van der Waals surface area (Å²) in [5.41, 5.74) is -1.91. The Bertz CT molecular complexity index is 467. The van der Waals surface area contributed by atoms with E-state index in [0.29, 0.717) is 0 Å². The summed E-state index contributed by atoms with van der Waals surface area (Å²) in [5, 5.41) is 21.3. The summed E-state index contributed by atoms with van der Waals surface area (Å²) in [6.07, 6.45) is 0. The smallest absolute Gasteiger partial charge is 0.344 e. The molecule has 0 amide bonds. The first-order valence-corrected chi connectivity index (χ1v) is 4.06. The van der Waals surface area contributed by atoms with Crippen LogP contribution >= 0.6 is 0 Å². The van der Waals surface area contributed by atoms with E-state index in [4.69, 9.17) is 0 Å². The van der Waals surface area contributed by atoms with Gasteiger partial charge in [-0.25, -0.2) is 4.79 Å². The number of nitro groups is 1. The van der Waals surface area contributed by atoms with Crippen molar-refractivity contribution in [3.63, 3.8) is 0 Å². The number of esters is 1. The molecule has 0 bridgehead atoms. The second-order valence-electron chi connectivity index (χ2n) is 2.74. The summed E-state index contributed by atoms with van der Waals surface area (Å²) in [6, 6.07) is 3.29. The van der Waals surface area contributed by atoms with E-state index in [1.165, 1.54) is 6.07 Å². The number of nitrogens with zero attached hydrogens (tertiary/aromatic N) is 1. The second kappa shape index (κ2) is 4.39. The van der Waals surface area contributed by atoms with Gasteiger partial charge in [0, 0.05) is 0 Å². The van der Waals surface area contributed by atoms with Gasteiger partial charge in [-0.05, 0) is 12.1 Å². The van der Waals surface area contributed by atoms with Crippen LogP contribution in [0.2, 0.25) is 0 Å². The van der Waals surface area contributed by atoms with Crippen molar-refractivity contribution >= 4 is 17.6 Å². The molecular formula is C9H6NO6-. The molecule has 0 saturated carbocycles. The van der Waals surface area contributed by atoms with E-state index in [0.717, 1.165) is 19.2 Å². The molecule has 0 aliphatic rings. The lowest BCUT2D eigenvalue weighted by atomic mass is 10.1. The number of carboxylic acids is 1. The lowest BCUT2D eigenvalue weighted by Gasteiger charge is -2.06. The van der Waals surface area contributed by atoms with Crippen LogP contribution in [0.1, 0.15) is 20.7 Å². The highest BCUT2D eigenvalue weighted by molar-refractivity contribution is 6.00. The summed E-state index contributed by atoms with van der Waals surface area (Å²) in [5.74, 6) is -2.70. The standard InChI is InChI=1S/C9H7NO6/c1-16-9(13)6-4-2-3-5(8(11)12)7(6)10(14)15/h2-4H,1H3,(H,11,12)/p-1. The first-order chi connectivity index (χ1) is 7.49. The molecule has 0 spiro atoms. The zero-order valence-electron chi connectivity index (χ0n) is 8.13. The van der Waals surface area contributed by atoms with E-state index in [1.807, 2.05) is 0 Å². The third kappa shape index (κ3) is 1.97. The van der Waals surface area contributed by atoms with E-state index >= 15 is 0 Å². The summed E-state index contributed by atoms with van der Waals surface area (Å²) in [4.78, 5) is 31.5. The van der Waals surface area contributed by atoms with Crippen LogP contribution in [0.4, 0.5) is 5.69 Å². The van der Waals surface area contributed by atoms with Crippen molar-refractivity contribution in [2.75, 3.05) is 7.11 Å². The van der Waals surface area contributed by atoms with E-state index in [2.05, 4.69) is 4.74 Å². The molecule has 7 nitrogen and oxygen atoms in total. The van der Waals surface area contributed by atoms with Gasteiger partial charge in [0.2, 0.25) is 0 Å². The number of hydrogen-bond donors (Lipinski definition) is 0. The van der Waals surface area contributed by atoms with Crippen molar-refractivity contribution in [1.29, 1.82) is 0 Å². The molecule has 1 aromatic rings. The van der Waals surface area contributed by atoms with Crippen LogP contribution in [0.15, 0.2) is 18.2 Å². The topological polar surface area (TPSA) is 110 Å². The van der Waals surface area contributed by atoms with Crippen molar-refractivity contribution in [2.45, 2.75) is 0 Å². The number of carbonyl (C=O) groups is 2. The van der Waals surface area contributed by atoms with Gasteiger partial charge in [-0.2, -0.15) is 0 Å². The Morgan fingerprint density at radius 2 is 1.88 bits per heavy atom. The highest BCUT2D eigenvalue weighted by Crippen LogP contribution is 2.23. The maximum Gasteiger partial charge on any atom is 0.344 e. The minimum Gasteiger partial charge on any atom is -0.545 e. The monoisotopic (exact) mass is 224 g/mol. The summed E-state index contributed by atoms with van der Waals surface area (Å²) >= 11 is 0. The molecule has 0 heterocycles. The molecule has 0 saturated heterocycles. The zero-order valence-corrected chi connectivity index (χ0v) is 8.13. The molecule has 1 rings (SSSR count). The molecule has 0 aromatic heterocycles. The second-order valence-corrected chi connectivity index (χ2v) is 2.74. The highest BCUT2D eigenvalue weighted by atomic mass is 16.6. The molecule has 0 atom stereocenters. The van der Waals surface area contributed by atoms with Crippen molar-refractivity contribution in [1.82, 2.24) is 0 Å². The Hall–Kier alpha value is -2.44. The predicted octanol–water partition coefficient (Wildman–Crippen LogP) is -0.255. The lowest BCUT2D eigenvalue weighted by Crippen LogP contribution is -2.24. The zero-order chi connectivity index (χ0) is 12.3. The van der Waals surface area contributed by atoms with E-state index in [9.17, 15) is 24.8 Å². The van der Waals surface area contributed by atoms with Gasteiger partial charge in [0.1, 0.15) is 5.56 Å². The van der Waals surface area contributed by atoms with Gasteiger partial charge in [0.05, 0.1) is 23.6 Å². The SMILES string of the molecule is COC(=O)c1cccc(C(=O)[O-])c1[N+](=O)[O-]. The molecule has 0 N–H and O–H groups in total. The molecule has 84 valence electrons. The lowest BCUT2D eigenvalue weighted by molar-refractivity contribution is -0.386. The molecule has 0 aliphatic carbocycles. The Balaban J connectivity index is 3.51. The van der Waals surface area contributed by atoms with Crippen LogP contribution < -0.4 is 5.11 Å². The summed E-state index contributed by atoms with van der Waals surface area (Å²) in [6.45, 7) is 0. The quantitative estimate of drug-likeness (QED) is 0.397. The van der Waals surface area contributed by atoms with Gasteiger partial charge in [-0.1, -0.05) is 6.07 Å². The van der Waals surface area contributed by atoms with Gasteiger partial charge in [-0.15, -0.1) is 0 Å². The summed E-state index contributed by atoms with van der Waals surface area (Å²) in [7, 11) is 1.04. The Kier molecular flexibility index (Phi) is 3.19. The number of carboxylic acid groups (broad SMARTS) is 1. The Labute approximate surface area is 89.4 Å². The summed E-state index contributed by atoms with van der Waals surface area (Å²) < 4.78 is 4.31. The van der Waals surface area contributed by atoms with Gasteiger partial charge in [0.15, 0.2) is 0 Å².